The minimum atomic E-state index is 0.118. The van der Waals surface area contributed by atoms with Crippen LogP contribution in [0.4, 0.5) is 0 Å². The Hall–Kier alpha value is -1.62. The first kappa shape index (κ1) is 9.92. The van der Waals surface area contributed by atoms with E-state index in [1.54, 1.807) is 6.26 Å². The topological polar surface area (TPSA) is 66.7 Å². The highest BCUT2D eigenvalue weighted by atomic mass is 16.3. The first-order chi connectivity index (χ1) is 7.27. The Kier molecular flexibility index (Phi) is 2.82. The lowest BCUT2D eigenvalue weighted by Gasteiger charge is -2.16. The molecule has 5 nitrogen and oxygen atoms in total. The predicted octanol–water partition coefficient (Wildman–Crippen LogP) is 1.81. The molecule has 0 aliphatic rings. The maximum Gasteiger partial charge on any atom is 0.141 e. The van der Waals surface area contributed by atoms with Crippen LogP contribution < -0.4 is 5.32 Å². The van der Waals surface area contributed by atoms with Gasteiger partial charge in [0.15, 0.2) is 0 Å². The highest BCUT2D eigenvalue weighted by Gasteiger charge is 2.14. The number of aromatic nitrogens is 3. The highest BCUT2D eigenvalue weighted by Crippen LogP contribution is 2.16. The first-order valence-electron chi connectivity index (χ1n) is 4.92. The molecule has 0 radical (unpaired) electrons. The van der Waals surface area contributed by atoms with Crippen LogP contribution in [0.2, 0.25) is 0 Å². The van der Waals surface area contributed by atoms with Gasteiger partial charge in [0.1, 0.15) is 17.9 Å². The summed E-state index contributed by atoms with van der Waals surface area (Å²) in [5, 5.41) is 10.0. The third kappa shape index (κ3) is 2.24. The third-order valence-electron chi connectivity index (χ3n) is 2.31. The minimum Gasteiger partial charge on any atom is -0.468 e. The number of hydrogen-bond donors (Lipinski definition) is 2. The summed E-state index contributed by atoms with van der Waals surface area (Å²) in [6.07, 6.45) is 3.18. The third-order valence-corrected chi connectivity index (χ3v) is 2.31. The van der Waals surface area contributed by atoms with E-state index in [2.05, 4.69) is 20.5 Å². The number of aromatic amines is 1. The Bertz CT molecular complexity index is 343. The number of rotatable bonds is 4. The number of nitrogens with one attached hydrogen (secondary N) is 2. The van der Waals surface area contributed by atoms with Crippen LogP contribution in [0.15, 0.2) is 29.1 Å². The molecule has 0 aliphatic carbocycles. The van der Waals surface area contributed by atoms with Crippen LogP contribution in [0, 0.1) is 0 Å². The second-order valence-corrected chi connectivity index (χ2v) is 3.50. The van der Waals surface area contributed by atoms with Gasteiger partial charge in [-0.15, -0.1) is 0 Å². The molecule has 0 saturated carbocycles. The van der Waals surface area contributed by atoms with Gasteiger partial charge in [-0.2, -0.15) is 5.10 Å². The summed E-state index contributed by atoms with van der Waals surface area (Å²) in [4.78, 5) is 4.09. The van der Waals surface area contributed by atoms with Crippen molar-refractivity contribution in [1.29, 1.82) is 0 Å². The lowest BCUT2D eigenvalue weighted by Crippen LogP contribution is -2.23. The van der Waals surface area contributed by atoms with Gasteiger partial charge in [-0.1, -0.05) is 0 Å². The minimum absolute atomic E-state index is 0.118. The molecule has 2 aromatic heterocycles. The van der Waals surface area contributed by atoms with E-state index in [0.29, 0.717) is 0 Å². The summed E-state index contributed by atoms with van der Waals surface area (Å²) >= 11 is 0. The fourth-order valence-electron chi connectivity index (χ4n) is 1.50. The first-order valence-corrected chi connectivity index (χ1v) is 4.92. The van der Waals surface area contributed by atoms with Gasteiger partial charge >= 0.3 is 0 Å². The molecular weight excluding hydrogens is 192 g/mol. The molecule has 0 aromatic carbocycles. The quantitative estimate of drug-likeness (QED) is 0.800. The zero-order valence-corrected chi connectivity index (χ0v) is 8.77. The molecule has 0 spiro atoms. The molecule has 80 valence electrons. The normalized spacial score (nSPS) is 15.1. The van der Waals surface area contributed by atoms with E-state index in [1.807, 2.05) is 26.0 Å². The molecular formula is C10H14N4O. The lowest BCUT2D eigenvalue weighted by atomic mass is 10.2. The average molecular weight is 206 g/mol. The van der Waals surface area contributed by atoms with Gasteiger partial charge in [0.05, 0.1) is 18.3 Å². The molecule has 0 amide bonds. The second-order valence-electron chi connectivity index (χ2n) is 3.50. The Morgan fingerprint density at radius 2 is 2.27 bits per heavy atom. The van der Waals surface area contributed by atoms with Crippen molar-refractivity contribution < 1.29 is 4.42 Å². The van der Waals surface area contributed by atoms with Gasteiger partial charge in [-0.3, -0.25) is 10.4 Å². The van der Waals surface area contributed by atoms with Crippen LogP contribution in [-0.4, -0.2) is 15.2 Å². The Morgan fingerprint density at radius 3 is 2.87 bits per heavy atom. The molecule has 0 fully saturated rings. The van der Waals surface area contributed by atoms with Crippen molar-refractivity contribution in [2.75, 3.05) is 0 Å². The number of H-pyrrole nitrogens is 1. The smallest absolute Gasteiger partial charge is 0.141 e. The summed E-state index contributed by atoms with van der Waals surface area (Å²) in [6.45, 7) is 4.08. The van der Waals surface area contributed by atoms with Gasteiger partial charge in [0.25, 0.3) is 0 Å². The molecule has 15 heavy (non-hydrogen) atoms. The SMILES string of the molecule is CC(NC(C)c1ccco1)c1ncn[nH]1. The molecule has 2 rings (SSSR count). The predicted molar refractivity (Wildman–Crippen MR) is 55.1 cm³/mol. The van der Waals surface area contributed by atoms with E-state index < -0.39 is 0 Å². The number of hydrogen-bond acceptors (Lipinski definition) is 4. The molecule has 2 unspecified atom stereocenters. The van der Waals surface area contributed by atoms with Crippen LogP contribution in [0.3, 0.4) is 0 Å². The zero-order valence-electron chi connectivity index (χ0n) is 8.77. The maximum absolute atomic E-state index is 5.30. The molecule has 0 saturated heterocycles. The van der Waals surface area contributed by atoms with Crippen molar-refractivity contribution in [2.45, 2.75) is 25.9 Å². The van der Waals surface area contributed by atoms with Crippen molar-refractivity contribution in [3.05, 3.63) is 36.3 Å². The number of furan rings is 1. The largest absolute Gasteiger partial charge is 0.468 e. The molecule has 2 heterocycles. The maximum atomic E-state index is 5.30. The van der Waals surface area contributed by atoms with Gasteiger partial charge in [-0.05, 0) is 26.0 Å². The van der Waals surface area contributed by atoms with Crippen molar-refractivity contribution in [1.82, 2.24) is 20.5 Å². The Labute approximate surface area is 87.9 Å². The van der Waals surface area contributed by atoms with Crippen LogP contribution in [0.25, 0.3) is 0 Å². The molecule has 5 heteroatoms. The Balaban J connectivity index is 1.98. The molecule has 2 aromatic rings. The summed E-state index contributed by atoms with van der Waals surface area (Å²) in [5.74, 6) is 1.75. The van der Waals surface area contributed by atoms with E-state index in [0.717, 1.165) is 11.6 Å². The van der Waals surface area contributed by atoms with Crippen LogP contribution in [-0.2, 0) is 0 Å². The summed E-state index contributed by atoms with van der Waals surface area (Å²) < 4.78 is 5.30. The van der Waals surface area contributed by atoms with Crippen LogP contribution in [0.1, 0.15) is 37.5 Å². The average Bonchev–Trinajstić information content (AvgIpc) is 2.91. The van der Waals surface area contributed by atoms with Crippen molar-refractivity contribution in [3.63, 3.8) is 0 Å². The Morgan fingerprint density at radius 1 is 1.40 bits per heavy atom. The van der Waals surface area contributed by atoms with Crippen LogP contribution in [0.5, 0.6) is 0 Å². The monoisotopic (exact) mass is 206 g/mol. The van der Waals surface area contributed by atoms with Gasteiger partial charge in [0, 0.05) is 0 Å². The van der Waals surface area contributed by atoms with Crippen molar-refractivity contribution in [3.8, 4) is 0 Å². The van der Waals surface area contributed by atoms with E-state index in [1.165, 1.54) is 6.33 Å². The van der Waals surface area contributed by atoms with Crippen LogP contribution >= 0.6 is 0 Å². The van der Waals surface area contributed by atoms with Crippen molar-refractivity contribution in [2.24, 2.45) is 0 Å². The molecule has 2 N–H and O–H groups in total. The fraction of sp³-hybridized carbons (Fsp3) is 0.400. The van der Waals surface area contributed by atoms with Gasteiger partial charge in [-0.25, -0.2) is 4.98 Å². The number of nitrogens with zero attached hydrogens (tertiary/aromatic N) is 2. The van der Waals surface area contributed by atoms with E-state index in [-0.39, 0.29) is 12.1 Å². The highest BCUT2D eigenvalue weighted by molar-refractivity contribution is 5.04. The van der Waals surface area contributed by atoms with E-state index in [9.17, 15) is 0 Å². The fourth-order valence-corrected chi connectivity index (χ4v) is 1.50. The molecule has 0 bridgehead atoms. The summed E-state index contributed by atoms with van der Waals surface area (Å²) in [5.41, 5.74) is 0. The zero-order chi connectivity index (χ0) is 10.7. The molecule has 0 aliphatic heterocycles. The summed E-state index contributed by atoms with van der Waals surface area (Å²) in [6, 6.07) is 4.10. The molecule has 2 atom stereocenters. The summed E-state index contributed by atoms with van der Waals surface area (Å²) in [7, 11) is 0. The van der Waals surface area contributed by atoms with E-state index >= 15 is 0 Å². The van der Waals surface area contributed by atoms with Gasteiger partial charge < -0.3 is 4.42 Å². The van der Waals surface area contributed by atoms with Gasteiger partial charge in [0.2, 0.25) is 0 Å². The second kappa shape index (κ2) is 4.27. The van der Waals surface area contributed by atoms with Crippen molar-refractivity contribution >= 4 is 0 Å². The standard InChI is InChI=1S/C10H14N4O/c1-7(9-4-3-5-15-9)13-8(2)10-11-6-12-14-10/h3-8,13H,1-2H3,(H,11,12,14). The lowest BCUT2D eigenvalue weighted by molar-refractivity contribution is 0.396. The van der Waals surface area contributed by atoms with E-state index in [4.69, 9.17) is 4.42 Å².